The van der Waals surface area contributed by atoms with E-state index < -0.39 is 0 Å². The molecule has 0 radical (unpaired) electrons. The number of rotatable bonds is 9. The van der Waals surface area contributed by atoms with Gasteiger partial charge in [-0.15, -0.1) is 0 Å². The molecule has 1 aliphatic rings. The second kappa shape index (κ2) is 7.61. The highest BCUT2D eigenvalue weighted by Crippen LogP contribution is 2.26. The van der Waals surface area contributed by atoms with E-state index in [-0.39, 0.29) is 5.54 Å². The molecular weight excluding hydrogens is 234 g/mol. The van der Waals surface area contributed by atoms with Crippen LogP contribution in [-0.4, -0.2) is 61.7 Å². The normalized spacial score (nSPS) is 22.3. The lowest BCUT2D eigenvalue weighted by atomic mass is 9.85. The van der Waals surface area contributed by atoms with Gasteiger partial charge in [0.1, 0.15) is 0 Å². The molecule has 3 heteroatoms. The molecule has 0 aromatic carbocycles. The van der Waals surface area contributed by atoms with Crippen molar-refractivity contribution in [1.29, 1.82) is 0 Å². The summed E-state index contributed by atoms with van der Waals surface area (Å²) in [5.41, 5.74) is 0.235. The average molecular weight is 269 g/mol. The molecule has 2 atom stereocenters. The van der Waals surface area contributed by atoms with Crippen LogP contribution in [0.4, 0.5) is 0 Å². The van der Waals surface area contributed by atoms with E-state index >= 15 is 0 Å². The summed E-state index contributed by atoms with van der Waals surface area (Å²) < 4.78 is 0. The molecular formula is C16H35N3. The van der Waals surface area contributed by atoms with E-state index in [1.165, 1.54) is 45.4 Å². The molecule has 0 bridgehead atoms. The van der Waals surface area contributed by atoms with Crippen LogP contribution in [0.5, 0.6) is 0 Å². The van der Waals surface area contributed by atoms with Gasteiger partial charge in [-0.1, -0.05) is 27.2 Å². The van der Waals surface area contributed by atoms with Crippen molar-refractivity contribution in [3.8, 4) is 0 Å². The number of nitrogens with one attached hydrogen (secondary N) is 1. The first-order valence-electron chi connectivity index (χ1n) is 8.08. The molecule has 1 fully saturated rings. The predicted octanol–water partition coefficient (Wildman–Crippen LogP) is 2.43. The van der Waals surface area contributed by atoms with Crippen molar-refractivity contribution in [3.05, 3.63) is 0 Å². The van der Waals surface area contributed by atoms with Crippen LogP contribution in [0, 0.1) is 5.92 Å². The van der Waals surface area contributed by atoms with E-state index in [1.54, 1.807) is 0 Å². The van der Waals surface area contributed by atoms with Gasteiger partial charge < -0.3 is 10.2 Å². The Labute approximate surface area is 120 Å². The van der Waals surface area contributed by atoms with Crippen LogP contribution in [0.2, 0.25) is 0 Å². The monoisotopic (exact) mass is 269 g/mol. The summed E-state index contributed by atoms with van der Waals surface area (Å²) in [5.74, 6) is 0.889. The third kappa shape index (κ3) is 4.17. The topological polar surface area (TPSA) is 18.5 Å². The van der Waals surface area contributed by atoms with Gasteiger partial charge in [-0.05, 0) is 46.3 Å². The van der Waals surface area contributed by atoms with Gasteiger partial charge in [0.25, 0.3) is 0 Å². The molecule has 1 saturated heterocycles. The first-order valence-corrected chi connectivity index (χ1v) is 8.08. The van der Waals surface area contributed by atoms with Crippen LogP contribution in [0.3, 0.4) is 0 Å². The van der Waals surface area contributed by atoms with Crippen molar-refractivity contribution < 1.29 is 0 Å². The van der Waals surface area contributed by atoms with Gasteiger partial charge in [-0.2, -0.15) is 0 Å². The Morgan fingerprint density at radius 2 is 2.00 bits per heavy atom. The molecule has 0 aromatic heterocycles. The van der Waals surface area contributed by atoms with E-state index in [2.05, 4.69) is 56.9 Å². The van der Waals surface area contributed by atoms with Gasteiger partial charge >= 0.3 is 0 Å². The highest BCUT2D eigenvalue weighted by Gasteiger charge is 2.39. The molecule has 0 aromatic rings. The Balaban J connectivity index is 2.70. The van der Waals surface area contributed by atoms with Crippen LogP contribution in [0.15, 0.2) is 0 Å². The van der Waals surface area contributed by atoms with Crippen LogP contribution in [0.25, 0.3) is 0 Å². The number of nitrogens with zero attached hydrogens (tertiary/aromatic N) is 2. The largest absolute Gasteiger partial charge is 0.315 e. The minimum atomic E-state index is 0.235. The molecule has 1 N–H and O–H groups in total. The van der Waals surface area contributed by atoms with Gasteiger partial charge in [0.15, 0.2) is 0 Å². The summed E-state index contributed by atoms with van der Waals surface area (Å²) >= 11 is 0. The van der Waals surface area contributed by atoms with Crippen molar-refractivity contribution in [1.82, 2.24) is 15.1 Å². The summed E-state index contributed by atoms with van der Waals surface area (Å²) in [6.07, 6.45) is 3.76. The number of hydrogen-bond acceptors (Lipinski definition) is 3. The Morgan fingerprint density at radius 3 is 2.42 bits per heavy atom. The Hall–Kier alpha value is -0.120. The SMILES string of the molecule is CCCCN(C)C(C)(CN1CC(C)C1)C(CC)NC. The number of hydrogen-bond donors (Lipinski definition) is 1. The van der Waals surface area contributed by atoms with E-state index in [0.717, 1.165) is 5.92 Å². The van der Waals surface area contributed by atoms with Crippen molar-refractivity contribution in [3.63, 3.8) is 0 Å². The lowest BCUT2D eigenvalue weighted by molar-refractivity contribution is 0.00673. The second-order valence-corrected chi connectivity index (χ2v) is 6.68. The molecule has 0 aliphatic carbocycles. The van der Waals surface area contributed by atoms with E-state index in [9.17, 15) is 0 Å². The zero-order valence-corrected chi connectivity index (χ0v) is 14.0. The first-order chi connectivity index (χ1) is 8.97. The van der Waals surface area contributed by atoms with Crippen molar-refractivity contribution >= 4 is 0 Å². The molecule has 114 valence electrons. The fourth-order valence-electron chi connectivity index (χ4n) is 3.51. The van der Waals surface area contributed by atoms with Gasteiger partial charge in [0, 0.05) is 31.2 Å². The second-order valence-electron chi connectivity index (χ2n) is 6.68. The summed E-state index contributed by atoms with van der Waals surface area (Å²) in [5, 5.41) is 3.55. The lowest BCUT2D eigenvalue weighted by Gasteiger charge is -2.50. The Bertz CT molecular complexity index is 246. The smallest absolute Gasteiger partial charge is 0.0457 e. The van der Waals surface area contributed by atoms with Crippen LogP contribution in [-0.2, 0) is 0 Å². The molecule has 0 spiro atoms. The highest BCUT2D eigenvalue weighted by molar-refractivity contribution is 4.99. The molecule has 2 unspecified atom stereocenters. The van der Waals surface area contributed by atoms with E-state index in [1.807, 2.05) is 0 Å². The standard InChI is InChI=1S/C16H35N3/c1-7-9-10-18(6)16(4,15(8-2)17-5)13-19-11-14(3)12-19/h14-15,17H,7-13H2,1-6H3. The van der Waals surface area contributed by atoms with E-state index in [0.29, 0.717) is 6.04 Å². The zero-order valence-electron chi connectivity index (χ0n) is 14.0. The highest BCUT2D eigenvalue weighted by atomic mass is 15.3. The molecule has 1 heterocycles. The maximum Gasteiger partial charge on any atom is 0.0457 e. The molecule has 0 saturated carbocycles. The number of likely N-dealkylation sites (tertiary alicyclic amines) is 1. The molecule has 0 amide bonds. The zero-order chi connectivity index (χ0) is 14.5. The summed E-state index contributed by atoms with van der Waals surface area (Å²) in [7, 11) is 4.41. The average Bonchev–Trinajstić information content (AvgIpc) is 2.35. The molecule has 1 aliphatic heterocycles. The fraction of sp³-hybridized carbons (Fsp3) is 1.00. The predicted molar refractivity (Wildman–Crippen MR) is 84.7 cm³/mol. The van der Waals surface area contributed by atoms with Gasteiger partial charge in [-0.25, -0.2) is 0 Å². The number of unbranched alkanes of at least 4 members (excludes halogenated alkanes) is 1. The minimum absolute atomic E-state index is 0.235. The maximum atomic E-state index is 3.55. The van der Waals surface area contributed by atoms with Crippen LogP contribution >= 0.6 is 0 Å². The van der Waals surface area contributed by atoms with Crippen molar-refractivity contribution in [2.75, 3.05) is 40.3 Å². The van der Waals surface area contributed by atoms with Gasteiger partial charge in [-0.3, -0.25) is 4.90 Å². The maximum absolute atomic E-state index is 3.55. The minimum Gasteiger partial charge on any atom is -0.315 e. The van der Waals surface area contributed by atoms with Gasteiger partial charge in [0.05, 0.1) is 0 Å². The quantitative estimate of drug-likeness (QED) is 0.693. The van der Waals surface area contributed by atoms with E-state index in [4.69, 9.17) is 0 Å². The van der Waals surface area contributed by atoms with Crippen LogP contribution in [0.1, 0.15) is 47.0 Å². The third-order valence-corrected chi connectivity index (χ3v) is 4.91. The van der Waals surface area contributed by atoms with Crippen molar-refractivity contribution in [2.24, 2.45) is 5.92 Å². The van der Waals surface area contributed by atoms with Crippen molar-refractivity contribution in [2.45, 2.75) is 58.5 Å². The van der Waals surface area contributed by atoms with Crippen LogP contribution < -0.4 is 5.32 Å². The molecule has 3 nitrogen and oxygen atoms in total. The molecule has 1 rings (SSSR count). The summed E-state index contributed by atoms with van der Waals surface area (Å²) in [4.78, 5) is 5.21. The van der Waals surface area contributed by atoms with Gasteiger partial charge in [0.2, 0.25) is 0 Å². The fourth-order valence-corrected chi connectivity index (χ4v) is 3.51. The Morgan fingerprint density at radius 1 is 1.37 bits per heavy atom. The third-order valence-electron chi connectivity index (χ3n) is 4.91. The first kappa shape index (κ1) is 16.9. The summed E-state index contributed by atoms with van der Waals surface area (Å²) in [6.45, 7) is 14.3. The summed E-state index contributed by atoms with van der Waals surface area (Å²) in [6, 6.07) is 0.560. The molecule has 19 heavy (non-hydrogen) atoms. The number of likely N-dealkylation sites (N-methyl/N-ethyl adjacent to an activating group) is 2. The lowest BCUT2D eigenvalue weighted by Crippen LogP contribution is -2.65. The Kier molecular flexibility index (Phi) is 6.78.